The van der Waals surface area contributed by atoms with E-state index in [0.29, 0.717) is 13.1 Å². The molecule has 1 aliphatic rings. The third kappa shape index (κ3) is 3.32. The van der Waals surface area contributed by atoms with E-state index < -0.39 is 0 Å². The van der Waals surface area contributed by atoms with Crippen molar-refractivity contribution in [2.45, 2.75) is 39.3 Å². The molecule has 1 aromatic rings. The third-order valence-corrected chi connectivity index (χ3v) is 3.89. The van der Waals surface area contributed by atoms with Crippen molar-refractivity contribution >= 4 is 23.2 Å². The van der Waals surface area contributed by atoms with Crippen molar-refractivity contribution in [2.75, 3.05) is 6.54 Å². The molecule has 0 radical (unpaired) electrons. The number of nitrogens with one attached hydrogen (secondary N) is 1. The summed E-state index contributed by atoms with van der Waals surface area (Å²) in [5.41, 5.74) is 2.60. The molecular formula is C13H19N3O2S. The Balaban J connectivity index is 1.92. The molecule has 1 unspecified atom stereocenters. The Kier molecular flexibility index (Phi) is 4.52. The zero-order valence-electron chi connectivity index (χ0n) is 11.3. The lowest BCUT2D eigenvalue weighted by molar-refractivity contribution is -0.140. The van der Waals surface area contributed by atoms with E-state index in [0.717, 1.165) is 18.5 Å². The molecule has 6 heteroatoms. The Hall–Kier alpha value is -1.43. The highest BCUT2D eigenvalue weighted by molar-refractivity contribution is 7.07. The van der Waals surface area contributed by atoms with Gasteiger partial charge in [-0.15, -0.1) is 11.3 Å². The highest BCUT2D eigenvalue weighted by atomic mass is 32.1. The van der Waals surface area contributed by atoms with E-state index in [-0.39, 0.29) is 23.8 Å². The van der Waals surface area contributed by atoms with Gasteiger partial charge in [-0.2, -0.15) is 0 Å². The summed E-state index contributed by atoms with van der Waals surface area (Å²) < 4.78 is 0. The van der Waals surface area contributed by atoms with Crippen LogP contribution in [0.4, 0.5) is 0 Å². The number of amides is 2. The van der Waals surface area contributed by atoms with Crippen LogP contribution in [0.3, 0.4) is 0 Å². The number of hydrogen-bond donors (Lipinski definition) is 1. The average molecular weight is 281 g/mol. The van der Waals surface area contributed by atoms with Gasteiger partial charge in [-0.1, -0.05) is 13.8 Å². The van der Waals surface area contributed by atoms with Crippen LogP contribution < -0.4 is 5.32 Å². The van der Waals surface area contributed by atoms with Gasteiger partial charge in [0, 0.05) is 17.8 Å². The van der Waals surface area contributed by atoms with E-state index in [4.69, 9.17) is 0 Å². The molecular weight excluding hydrogens is 262 g/mol. The Labute approximate surface area is 117 Å². The van der Waals surface area contributed by atoms with Gasteiger partial charge >= 0.3 is 0 Å². The van der Waals surface area contributed by atoms with Crippen LogP contribution in [-0.4, -0.2) is 34.3 Å². The number of aromatic nitrogens is 1. The van der Waals surface area contributed by atoms with Crippen LogP contribution in [0.2, 0.25) is 0 Å². The molecule has 1 saturated heterocycles. The lowest BCUT2D eigenvalue weighted by Crippen LogP contribution is -2.47. The first-order chi connectivity index (χ1) is 9.09. The van der Waals surface area contributed by atoms with E-state index in [1.165, 1.54) is 11.3 Å². The fourth-order valence-electron chi connectivity index (χ4n) is 2.26. The van der Waals surface area contributed by atoms with E-state index in [1.807, 2.05) is 19.2 Å². The predicted molar refractivity (Wildman–Crippen MR) is 73.5 cm³/mol. The first kappa shape index (κ1) is 14.0. The summed E-state index contributed by atoms with van der Waals surface area (Å²) in [5, 5.41) is 4.77. The fraction of sp³-hybridized carbons (Fsp3) is 0.615. The third-order valence-electron chi connectivity index (χ3n) is 3.26. The Bertz CT molecular complexity index is 445. The second kappa shape index (κ2) is 6.14. The van der Waals surface area contributed by atoms with Crippen LogP contribution in [0, 0.1) is 5.92 Å². The molecule has 1 aliphatic heterocycles. The van der Waals surface area contributed by atoms with Crippen LogP contribution >= 0.6 is 11.3 Å². The van der Waals surface area contributed by atoms with Crippen molar-refractivity contribution in [3.8, 4) is 0 Å². The molecule has 0 spiro atoms. The summed E-state index contributed by atoms with van der Waals surface area (Å²) in [6.07, 6.45) is 1.65. The molecule has 0 bridgehead atoms. The van der Waals surface area contributed by atoms with E-state index in [9.17, 15) is 9.59 Å². The fourth-order valence-corrected chi connectivity index (χ4v) is 2.81. The molecule has 1 atom stereocenters. The minimum Gasteiger partial charge on any atom is -0.349 e. The van der Waals surface area contributed by atoms with Crippen LogP contribution in [0.5, 0.6) is 0 Å². The smallest absolute Gasteiger partial charge is 0.243 e. The highest BCUT2D eigenvalue weighted by Gasteiger charge is 2.34. The molecule has 0 aromatic carbocycles. The van der Waals surface area contributed by atoms with Gasteiger partial charge < -0.3 is 10.2 Å². The maximum absolute atomic E-state index is 12.1. The summed E-state index contributed by atoms with van der Waals surface area (Å²) in [6, 6.07) is -0.312. The number of carbonyl (C=O) groups excluding carboxylic acids is 2. The molecule has 2 rings (SSSR count). The van der Waals surface area contributed by atoms with E-state index in [2.05, 4.69) is 10.3 Å². The number of thiazole rings is 1. The number of likely N-dealkylation sites (tertiary alicyclic amines) is 1. The average Bonchev–Trinajstić information content (AvgIpc) is 3.05. The lowest BCUT2D eigenvalue weighted by Gasteiger charge is -2.25. The van der Waals surface area contributed by atoms with Crippen LogP contribution in [-0.2, 0) is 16.1 Å². The Morgan fingerprint density at radius 3 is 3.00 bits per heavy atom. The number of carbonyl (C=O) groups is 2. The maximum atomic E-state index is 12.1. The molecule has 2 amide bonds. The van der Waals surface area contributed by atoms with E-state index in [1.54, 1.807) is 10.4 Å². The van der Waals surface area contributed by atoms with Crippen molar-refractivity contribution in [1.82, 2.24) is 15.2 Å². The topological polar surface area (TPSA) is 62.3 Å². The van der Waals surface area contributed by atoms with Gasteiger partial charge in [-0.05, 0) is 12.8 Å². The normalized spacial score (nSPS) is 18.9. The quantitative estimate of drug-likeness (QED) is 0.907. The van der Waals surface area contributed by atoms with Gasteiger partial charge in [0.2, 0.25) is 11.8 Å². The summed E-state index contributed by atoms with van der Waals surface area (Å²) in [6.45, 7) is 4.85. The predicted octanol–water partition coefficient (Wildman–Crippen LogP) is 1.41. The summed E-state index contributed by atoms with van der Waals surface area (Å²) in [4.78, 5) is 30.0. The van der Waals surface area contributed by atoms with Gasteiger partial charge in [-0.3, -0.25) is 9.59 Å². The van der Waals surface area contributed by atoms with Crippen LogP contribution in [0.1, 0.15) is 32.4 Å². The minimum absolute atomic E-state index is 0.0614. The van der Waals surface area contributed by atoms with Gasteiger partial charge in [-0.25, -0.2) is 4.98 Å². The standard InChI is InChI=1S/C13H19N3O2S/c1-9(2)13(18)16-5-3-4-11(16)12(17)14-6-10-7-19-8-15-10/h7-9,11H,3-6H2,1-2H3,(H,14,17). The zero-order valence-corrected chi connectivity index (χ0v) is 12.1. The van der Waals surface area contributed by atoms with Gasteiger partial charge in [0.05, 0.1) is 17.7 Å². The maximum Gasteiger partial charge on any atom is 0.243 e. The number of nitrogens with zero attached hydrogens (tertiary/aromatic N) is 2. The summed E-state index contributed by atoms with van der Waals surface area (Å²) in [5.74, 6) is -0.0715. The lowest BCUT2D eigenvalue weighted by atomic mass is 10.1. The SMILES string of the molecule is CC(C)C(=O)N1CCCC1C(=O)NCc1cscn1. The van der Waals surface area contributed by atoms with E-state index >= 15 is 0 Å². The molecule has 5 nitrogen and oxygen atoms in total. The number of hydrogen-bond acceptors (Lipinski definition) is 4. The van der Waals surface area contributed by atoms with Crippen molar-refractivity contribution in [3.05, 3.63) is 16.6 Å². The van der Waals surface area contributed by atoms with Crippen molar-refractivity contribution < 1.29 is 9.59 Å². The summed E-state index contributed by atoms with van der Waals surface area (Å²) >= 11 is 1.51. The molecule has 104 valence electrons. The van der Waals surface area contributed by atoms with Crippen molar-refractivity contribution in [3.63, 3.8) is 0 Å². The highest BCUT2D eigenvalue weighted by Crippen LogP contribution is 2.20. The second-order valence-electron chi connectivity index (χ2n) is 5.04. The van der Waals surface area contributed by atoms with Gasteiger partial charge in [0.15, 0.2) is 0 Å². The monoisotopic (exact) mass is 281 g/mol. The van der Waals surface area contributed by atoms with Crippen LogP contribution in [0.15, 0.2) is 10.9 Å². The second-order valence-corrected chi connectivity index (χ2v) is 5.76. The first-order valence-corrected chi connectivity index (χ1v) is 7.49. The first-order valence-electron chi connectivity index (χ1n) is 6.55. The molecule has 1 aromatic heterocycles. The molecule has 1 fully saturated rings. The molecule has 19 heavy (non-hydrogen) atoms. The van der Waals surface area contributed by atoms with Gasteiger partial charge in [0.25, 0.3) is 0 Å². The van der Waals surface area contributed by atoms with Crippen molar-refractivity contribution in [1.29, 1.82) is 0 Å². The molecule has 0 saturated carbocycles. The molecule has 2 heterocycles. The Morgan fingerprint density at radius 1 is 1.58 bits per heavy atom. The van der Waals surface area contributed by atoms with Crippen molar-refractivity contribution in [2.24, 2.45) is 5.92 Å². The summed E-state index contributed by atoms with van der Waals surface area (Å²) in [7, 11) is 0. The Morgan fingerprint density at radius 2 is 2.37 bits per heavy atom. The minimum atomic E-state index is -0.312. The largest absolute Gasteiger partial charge is 0.349 e. The number of rotatable bonds is 4. The zero-order chi connectivity index (χ0) is 13.8. The van der Waals surface area contributed by atoms with Gasteiger partial charge in [0.1, 0.15) is 6.04 Å². The van der Waals surface area contributed by atoms with Crippen LogP contribution in [0.25, 0.3) is 0 Å². The molecule has 0 aliphatic carbocycles. The molecule has 1 N–H and O–H groups in total.